The number of aromatic nitrogens is 2. The van der Waals surface area contributed by atoms with Crippen molar-refractivity contribution < 1.29 is 15.0 Å². The Hall–Kier alpha value is -3.19. The Labute approximate surface area is 162 Å². The average molecular weight is 378 g/mol. The monoisotopic (exact) mass is 378 g/mol. The number of rotatable bonds is 4. The highest BCUT2D eigenvalue weighted by Gasteiger charge is 2.31. The van der Waals surface area contributed by atoms with Gasteiger partial charge in [-0.05, 0) is 49.6 Å². The van der Waals surface area contributed by atoms with Gasteiger partial charge in [0.2, 0.25) is 0 Å². The summed E-state index contributed by atoms with van der Waals surface area (Å²) in [6.07, 6.45) is -0.169. The number of aryl methyl sites for hydroxylation is 1. The fourth-order valence-corrected chi connectivity index (χ4v) is 3.80. The Bertz CT molecular complexity index is 1040. The molecule has 0 saturated carbocycles. The lowest BCUT2D eigenvalue weighted by atomic mass is 9.94. The lowest BCUT2D eigenvalue weighted by Gasteiger charge is -2.21. The van der Waals surface area contributed by atoms with Gasteiger partial charge in [-0.25, -0.2) is 14.8 Å². The molecule has 1 amide bonds. The first-order valence-electron chi connectivity index (χ1n) is 9.30. The van der Waals surface area contributed by atoms with Crippen molar-refractivity contribution in [3.05, 3.63) is 53.7 Å². The summed E-state index contributed by atoms with van der Waals surface area (Å²) in [6.45, 7) is 3.16. The average Bonchev–Trinajstić information content (AvgIpc) is 3.14. The topological polar surface area (TPSA) is 107 Å². The number of phenols is 1. The highest BCUT2D eigenvalue weighted by molar-refractivity contribution is 5.84. The molecule has 28 heavy (non-hydrogen) atoms. The number of carboxylic acid groups (broad SMARTS) is 1. The van der Waals surface area contributed by atoms with Gasteiger partial charge >= 0.3 is 6.09 Å². The van der Waals surface area contributed by atoms with E-state index in [-0.39, 0.29) is 17.7 Å². The molecule has 0 aliphatic carbocycles. The van der Waals surface area contributed by atoms with Gasteiger partial charge in [-0.2, -0.15) is 0 Å². The molecule has 1 fully saturated rings. The van der Waals surface area contributed by atoms with Crippen LogP contribution >= 0.6 is 0 Å². The Balaban J connectivity index is 1.84. The Morgan fingerprint density at radius 1 is 1.25 bits per heavy atom. The van der Waals surface area contributed by atoms with E-state index in [1.807, 2.05) is 31.2 Å². The molecule has 7 nitrogen and oxygen atoms in total. The van der Waals surface area contributed by atoms with Crippen LogP contribution < -0.4 is 10.6 Å². The van der Waals surface area contributed by atoms with E-state index in [0.717, 1.165) is 35.1 Å². The number of benzene rings is 2. The normalized spacial score (nSPS) is 19.0. The van der Waals surface area contributed by atoms with Gasteiger partial charge in [0.15, 0.2) is 5.82 Å². The quantitative estimate of drug-likeness (QED) is 0.555. The molecule has 0 spiro atoms. The maximum absolute atomic E-state index is 10.9. The summed E-state index contributed by atoms with van der Waals surface area (Å²) in [5, 5.41) is 26.1. The number of hydrogen-bond donors (Lipinski definition) is 4. The standard InChI is InChI=1S/C21H22N4O3/c1-12-6-7-14-16(10-12)24-20(15-4-2-3-5-17(15)26)25-19(14)18-13(8-9-22-18)11-23-21(27)28/h2-7,10,13,18,22-23,26H,8-9,11H2,1H3,(H,27,28)/t13?,18-/m0/s1. The van der Waals surface area contributed by atoms with Crippen molar-refractivity contribution in [2.24, 2.45) is 5.92 Å². The van der Waals surface area contributed by atoms with Crippen LogP contribution in [0.1, 0.15) is 23.7 Å². The van der Waals surface area contributed by atoms with Crippen molar-refractivity contribution in [3.8, 4) is 17.1 Å². The van der Waals surface area contributed by atoms with E-state index in [4.69, 9.17) is 10.1 Å². The van der Waals surface area contributed by atoms with Crippen LogP contribution in [0.15, 0.2) is 42.5 Å². The predicted molar refractivity (Wildman–Crippen MR) is 106 cm³/mol. The van der Waals surface area contributed by atoms with Crippen molar-refractivity contribution in [2.75, 3.05) is 13.1 Å². The van der Waals surface area contributed by atoms with Gasteiger partial charge in [0.05, 0.1) is 22.8 Å². The number of nitrogens with zero attached hydrogens (tertiary/aromatic N) is 2. The second-order valence-electron chi connectivity index (χ2n) is 7.14. The van der Waals surface area contributed by atoms with E-state index in [1.54, 1.807) is 18.2 Å². The Morgan fingerprint density at radius 2 is 2.07 bits per heavy atom. The van der Waals surface area contributed by atoms with Gasteiger partial charge in [0.1, 0.15) is 5.75 Å². The number of hydrogen-bond acceptors (Lipinski definition) is 5. The van der Waals surface area contributed by atoms with E-state index in [1.165, 1.54) is 0 Å². The molecule has 1 aliphatic rings. The van der Waals surface area contributed by atoms with E-state index >= 15 is 0 Å². The fourth-order valence-electron chi connectivity index (χ4n) is 3.80. The van der Waals surface area contributed by atoms with E-state index in [2.05, 4.69) is 15.6 Å². The number of fused-ring (bicyclic) bond motifs is 1. The van der Waals surface area contributed by atoms with Gasteiger partial charge in [-0.3, -0.25) is 0 Å². The third kappa shape index (κ3) is 3.48. The number of nitrogens with one attached hydrogen (secondary N) is 2. The smallest absolute Gasteiger partial charge is 0.404 e. The molecule has 1 aliphatic heterocycles. The zero-order valence-electron chi connectivity index (χ0n) is 15.5. The van der Waals surface area contributed by atoms with Gasteiger partial charge < -0.3 is 20.8 Å². The van der Waals surface area contributed by atoms with Crippen LogP contribution in [0.25, 0.3) is 22.3 Å². The summed E-state index contributed by atoms with van der Waals surface area (Å²) >= 11 is 0. The maximum Gasteiger partial charge on any atom is 0.404 e. The zero-order valence-corrected chi connectivity index (χ0v) is 15.5. The second kappa shape index (κ2) is 7.44. The van der Waals surface area contributed by atoms with Gasteiger partial charge in [0.25, 0.3) is 0 Å². The molecule has 0 bridgehead atoms. The molecule has 1 saturated heterocycles. The van der Waals surface area contributed by atoms with Crippen LogP contribution in [0.3, 0.4) is 0 Å². The largest absolute Gasteiger partial charge is 0.507 e. The first kappa shape index (κ1) is 18.2. The molecule has 2 aromatic carbocycles. The minimum atomic E-state index is -1.02. The van der Waals surface area contributed by atoms with Crippen molar-refractivity contribution in [3.63, 3.8) is 0 Å². The van der Waals surface area contributed by atoms with Gasteiger partial charge in [0, 0.05) is 11.9 Å². The molecule has 2 heterocycles. The van der Waals surface area contributed by atoms with Crippen molar-refractivity contribution in [2.45, 2.75) is 19.4 Å². The summed E-state index contributed by atoms with van der Waals surface area (Å²) in [5.41, 5.74) is 3.30. The molecular formula is C21H22N4O3. The lowest BCUT2D eigenvalue weighted by Crippen LogP contribution is -2.31. The predicted octanol–water partition coefficient (Wildman–Crippen LogP) is 3.23. The van der Waals surface area contributed by atoms with Crippen LogP contribution in [-0.2, 0) is 0 Å². The fraction of sp³-hybridized carbons (Fsp3) is 0.286. The Morgan fingerprint density at radius 3 is 2.86 bits per heavy atom. The van der Waals surface area contributed by atoms with Crippen molar-refractivity contribution in [1.82, 2.24) is 20.6 Å². The molecule has 144 valence electrons. The van der Waals surface area contributed by atoms with Crippen LogP contribution in [0.2, 0.25) is 0 Å². The minimum Gasteiger partial charge on any atom is -0.507 e. The zero-order chi connectivity index (χ0) is 19.7. The van der Waals surface area contributed by atoms with Crippen molar-refractivity contribution >= 4 is 17.0 Å². The van der Waals surface area contributed by atoms with Crippen LogP contribution in [0, 0.1) is 12.8 Å². The number of carbonyl (C=O) groups is 1. The summed E-state index contributed by atoms with van der Waals surface area (Å²) in [7, 11) is 0. The van der Waals surface area contributed by atoms with Crippen LogP contribution in [0.4, 0.5) is 4.79 Å². The highest BCUT2D eigenvalue weighted by Crippen LogP contribution is 2.35. The van der Waals surface area contributed by atoms with Crippen LogP contribution in [-0.4, -0.2) is 39.4 Å². The minimum absolute atomic E-state index is 0.0905. The first-order chi connectivity index (χ1) is 13.5. The summed E-state index contributed by atoms with van der Waals surface area (Å²) in [5.74, 6) is 0.682. The SMILES string of the molecule is Cc1ccc2c([C@H]3NCCC3CNC(=O)O)nc(-c3ccccc3O)nc2c1. The highest BCUT2D eigenvalue weighted by atomic mass is 16.4. The molecule has 1 aromatic heterocycles. The molecular weight excluding hydrogens is 356 g/mol. The third-order valence-corrected chi connectivity index (χ3v) is 5.19. The van der Waals surface area contributed by atoms with Crippen molar-refractivity contribution in [1.29, 1.82) is 0 Å². The molecule has 7 heteroatoms. The van der Waals surface area contributed by atoms with E-state index in [9.17, 15) is 9.90 Å². The Kier molecular flexibility index (Phi) is 4.83. The molecule has 3 aromatic rings. The van der Waals surface area contributed by atoms with E-state index in [0.29, 0.717) is 17.9 Å². The third-order valence-electron chi connectivity index (χ3n) is 5.19. The summed E-state index contributed by atoms with van der Waals surface area (Å²) < 4.78 is 0. The van der Waals surface area contributed by atoms with Gasteiger partial charge in [-0.15, -0.1) is 0 Å². The lowest BCUT2D eigenvalue weighted by molar-refractivity contribution is 0.191. The van der Waals surface area contributed by atoms with Gasteiger partial charge in [-0.1, -0.05) is 24.3 Å². The first-order valence-corrected chi connectivity index (χ1v) is 9.30. The summed E-state index contributed by atoms with van der Waals surface area (Å²) in [6, 6.07) is 13.0. The molecule has 0 radical (unpaired) electrons. The van der Waals surface area contributed by atoms with Crippen LogP contribution in [0.5, 0.6) is 5.75 Å². The maximum atomic E-state index is 10.9. The number of para-hydroxylation sites is 1. The molecule has 4 N–H and O–H groups in total. The number of phenolic OH excluding ortho intramolecular Hbond substituents is 1. The molecule has 1 unspecified atom stereocenters. The summed E-state index contributed by atoms with van der Waals surface area (Å²) in [4.78, 5) is 20.4. The number of aromatic hydroxyl groups is 1. The second-order valence-corrected chi connectivity index (χ2v) is 7.14. The number of amides is 1. The molecule has 4 rings (SSSR count). The van der Waals surface area contributed by atoms with E-state index < -0.39 is 6.09 Å². The molecule has 2 atom stereocenters.